The van der Waals surface area contributed by atoms with Crippen molar-refractivity contribution < 1.29 is 4.42 Å². The van der Waals surface area contributed by atoms with Gasteiger partial charge in [0.25, 0.3) is 0 Å². The third kappa shape index (κ3) is 4.56. The third-order valence-electron chi connectivity index (χ3n) is 3.31. The molecule has 0 spiro atoms. The van der Waals surface area contributed by atoms with Crippen LogP contribution in [0, 0.1) is 6.92 Å². The predicted octanol–water partition coefficient (Wildman–Crippen LogP) is 3.74. The molecule has 0 radical (unpaired) electrons. The molecule has 1 unspecified atom stereocenters. The standard InChI is InChI=1S/C17H23NO/c1-3-8-18-17(12-16-7-9-19-13-16)11-15-6-4-5-14(2)10-15/h4-7,9-10,13,17-18H,3,8,11-12H2,1-2H3. The van der Waals surface area contributed by atoms with Gasteiger partial charge in [0, 0.05) is 6.04 Å². The van der Waals surface area contributed by atoms with Crippen LogP contribution in [-0.2, 0) is 12.8 Å². The van der Waals surface area contributed by atoms with Crippen molar-refractivity contribution in [2.75, 3.05) is 6.54 Å². The van der Waals surface area contributed by atoms with Gasteiger partial charge < -0.3 is 9.73 Å². The summed E-state index contributed by atoms with van der Waals surface area (Å²) in [4.78, 5) is 0. The van der Waals surface area contributed by atoms with Crippen LogP contribution in [0.25, 0.3) is 0 Å². The Morgan fingerprint density at radius 2 is 2.00 bits per heavy atom. The molecule has 19 heavy (non-hydrogen) atoms. The van der Waals surface area contributed by atoms with E-state index in [9.17, 15) is 0 Å². The van der Waals surface area contributed by atoms with Crippen molar-refractivity contribution in [2.24, 2.45) is 0 Å². The lowest BCUT2D eigenvalue weighted by atomic mass is 9.99. The van der Waals surface area contributed by atoms with Crippen molar-refractivity contribution in [3.63, 3.8) is 0 Å². The monoisotopic (exact) mass is 257 g/mol. The van der Waals surface area contributed by atoms with E-state index in [1.165, 1.54) is 16.7 Å². The van der Waals surface area contributed by atoms with Gasteiger partial charge in [-0.25, -0.2) is 0 Å². The third-order valence-corrected chi connectivity index (χ3v) is 3.31. The summed E-state index contributed by atoms with van der Waals surface area (Å²) in [5.41, 5.74) is 3.99. The van der Waals surface area contributed by atoms with Crippen LogP contribution in [0.2, 0.25) is 0 Å². The number of aryl methyl sites for hydroxylation is 1. The van der Waals surface area contributed by atoms with Crippen LogP contribution in [0.1, 0.15) is 30.0 Å². The maximum Gasteiger partial charge on any atom is 0.0935 e. The van der Waals surface area contributed by atoms with Gasteiger partial charge in [-0.1, -0.05) is 36.8 Å². The number of furan rings is 1. The molecule has 1 aromatic heterocycles. The highest BCUT2D eigenvalue weighted by Crippen LogP contribution is 2.11. The Kier molecular flexibility index (Phi) is 5.22. The number of hydrogen-bond donors (Lipinski definition) is 1. The first-order valence-electron chi connectivity index (χ1n) is 7.08. The van der Waals surface area contributed by atoms with Gasteiger partial charge in [-0.3, -0.25) is 0 Å². The minimum atomic E-state index is 0.472. The molecule has 102 valence electrons. The van der Waals surface area contributed by atoms with E-state index in [1.54, 1.807) is 6.26 Å². The second kappa shape index (κ2) is 7.15. The lowest BCUT2D eigenvalue weighted by Gasteiger charge is -2.18. The summed E-state index contributed by atoms with van der Waals surface area (Å²) >= 11 is 0. The van der Waals surface area contributed by atoms with E-state index in [1.807, 2.05) is 6.26 Å². The van der Waals surface area contributed by atoms with E-state index in [0.29, 0.717) is 6.04 Å². The Morgan fingerprint density at radius 3 is 2.68 bits per heavy atom. The SMILES string of the molecule is CCCNC(Cc1ccoc1)Cc1cccc(C)c1. The summed E-state index contributed by atoms with van der Waals surface area (Å²) in [6.07, 6.45) is 6.84. The number of rotatable bonds is 7. The van der Waals surface area contributed by atoms with Crippen molar-refractivity contribution >= 4 is 0 Å². The summed E-state index contributed by atoms with van der Waals surface area (Å²) < 4.78 is 5.16. The van der Waals surface area contributed by atoms with Crippen molar-refractivity contribution in [1.29, 1.82) is 0 Å². The van der Waals surface area contributed by atoms with Gasteiger partial charge in [-0.05, 0) is 49.9 Å². The molecule has 2 heteroatoms. The first-order valence-corrected chi connectivity index (χ1v) is 7.08. The smallest absolute Gasteiger partial charge is 0.0935 e. The van der Waals surface area contributed by atoms with Gasteiger partial charge in [0.2, 0.25) is 0 Å². The predicted molar refractivity (Wildman–Crippen MR) is 79.4 cm³/mol. The Labute approximate surface area is 115 Å². The van der Waals surface area contributed by atoms with E-state index < -0.39 is 0 Å². The average molecular weight is 257 g/mol. The van der Waals surface area contributed by atoms with E-state index in [-0.39, 0.29) is 0 Å². The van der Waals surface area contributed by atoms with Crippen LogP contribution in [0.15, 0.2) is 47.3 Å². The topological polar surface area (TPSA) is 25.2 Å². The molecule has 0 saturated heterocycles. The van der Waals surface area contributed by atoms with Crippen molar-refractivity contribution in [1.82, 2.24) is 5.32 Å². The van der Waals surface area contributed by atoms with Gasteiger partial charge in [0.1, 0.15) is 0 Å². The van der Waals surface area contributed by atoms with Crippen LogP contribution in [0.3, 0.4) is 0 Å². The van der Waals surface area contributed by atoms with Gasteiger partial charge in [-0.2, -0.15) is 0 Å². The van der Waals surface area contributed by atoms with Gasteiger partial charge in [0.05, 0.1) is 12.5 Å². The molecule has 0 saturated carbocycles. The van der Waals surface area contributed by atoms with Crippen LogP contribution in [0.5, 0.6) is 0 Å². The van der Waals surface area contributed by atoms with Crippen LogP contribution in [0.4, 0.5) is 0 Å². The molecule has 0 aliphatic rings. The van der Waals surface area contributed by atoms with E-state index >= 15 is 0 Å². The molecule has 1 atom stereocenters. The van der Waals surface area contributed by atoms with E-state index in [4.69, 9.17) is 4.42 Å². The van der Waals surface area contributed by atoms with Crippen molar-refractivity contribution in [3.05, 3.63) is 59.5 Å². The fourth-order valence-electron chi connectivity index (χ4n) is 2.38. The van der Waals surface area contributed by atoms with E-state index in [0.717, 1.165) is 25.8 Å². The highest BCUT2D eigenvalue weighted by molar-refractivity contribution is 5.23. The molecule has 2 rings (SSSR count). The molecule has 0 aliphatic carbocycles. The quantitative estimate of drug-likeness (QED) is 0.817. The van der Waals surface area contributed by atoms with Gasteiger partial charge in [-0.15, -0.1) is 0 Å². The molecule has 0 aliphatic heterocycles. The van der Waals surface area contributed by atoms with Crippen molar-refractivity contribution in [2.45, 2.75) is 39.2 Å². The normalized spacial score (nSPS) is 12.5. The van der Waals surface area contributed by atoms with Crippen LogP contribution < -0.4 is 5.32 Å². The summed E-state index contributed by atoms with van der Waals surface area (Å²) in [5, 5.41) is 3.63. The van der Waals surface area contributed by atoms with Crippen LogP contribution >= 0.6 is 0 Å². The molecular weight excluding hydrogens is 234 g/mol. The molecule has 2 nitrogen and oxygen atoms in total. The highest BCUT2D eigenvalue weighted by atomic mass is 16.3. The zero-order valence-corrected chi connectivity index (χ0v) is 11.9. The Hall–Kier alpha value is -1.54. The maximum absolute atomic E-state index is 5.16. The van der Waals surface area contributed by atoms with Gasteiger partial charge >= 0.3 is 0 Å². The van der Waals surface area contributed by atoms with Crippen molar-refractivity contribution in [3.8, 4) is 0 Å². The number of nitrogens with one attached hydrogen (secondary N) is 1. The first-order chi connectivity index (χ1) is 9.28. The fourth-order valence-corrected chi connectivity index (χ4v) is 2.38. The molecular formula is C17H23NO. The number of hydrogen-bond acceptors (Lipinski definition) is 2. The fraction of sp³-hybridized carbons (Fsp3) is 0.412. The maximum atomic E-state index is 5.16. The highest BCUT2D eigenvalue weighted by Gasteiger charge is 2.10. The molecule has 1 aromatic carbocycles. The lowest BCUT2D eigenvalue weighted by molar-refractivity contribution is 0.499. The van der Waals surface area contributed by atoms with Crippen LogP contribution in [-0.4, -0.2) is 12.6 Å². The summed E-state index contributed by atoms with van der Waals surface area (Å²) in [5.74, 6) is 0. The summed E-state index contributed by atoms with van der Waals surface area (Å²) in [6, 6.07) is 11.3. The van der Waals surface area contributed by atoms with E-state index in [2.05, 4.69) is 49.5 Å². The second-order valence-electron chi connectivity index (χ2n) is 5.18. The number of benzene rings is 1. The molecule has 1 N–H and O–H groups in total. The second-order valence-corrected chi connectivity index (χ2v) is 5.18. The molecule has 0 amide bonds. The lowest BCUT2D eigenvalue weighted by Crippen LogP contribution is -2.33. The minimum absolute atomic E-state index is 0.472. The zero-order chi connectivity index (χ0) is 13.5. The summed E-state index contributed by atoms with van der Waals surface area (Å²) in [7, 11) is 0. The Bertz CT molecular complexity index is 476. The zero-order valence-electron chi connectivity index (χ0n) is 11.9. The average Bonchev–Trinajstić information content (AvgIpc) is 2.89. The molecule has 2 aromatic rings. The van der Waals surface area contributed by atoms with Gasteiger partial charge in [0.15, 0.2) is 0 Å². The minimum Gasteiger partial charge on any atom is -0.472 e. The summed E-state index contributed by atoms with van der Waals surface area (Å²) in [6.45, 7) is 5.41. The first kappa shape index (κ1) is 13.9. The molecule has 0 bridgehead atoms. The Morgan fingerprint density at radius 1 is 1.16 bits per heavy atom. The Balaban J connectivity index is 2.00. The largest absolute Gasteiger partial charge is 0.472 e. The molecule has 1 heterocycles. The molecule has 0 fully saturated rings.